The van der Waals surface area contributed by atoms with Crippen molar-refractivity contribution in [3.63, 3.8) is 0 Å². The quantitative estimate of drug-likeness (QED) is 0.326. The van der Waals surface area contributed by atoms with Crippen molar-refractivity contribution < 1.29 is 9.86 Å². The van der Waals surface area contributed by atoms with Crippen LogP contribution in [0.4, 0.5) is 0 Å². The zero-order valence-corrected chi connectivity index (χ0v) is 12.7. The van der Waals surface area contributed by atoms with Crippen LogP contribution in [0.1, 0.15) is 84.5 Å². The summed E-state index contributed by atoms with van der Waals surface area (Å²) in [5, 5.41) is 11.1. The highest BCUT2D eigenvalue weighted by Crippen LogP contribution is 2.10. The number of hydroxylamine groups is 2. The molecule has 114 valence electrons. The molecule has 3 N–H and O–H groups in total. The first-order valence-electron chi connectivity index (χ1n) is 7.96. The molecule has 2 unspecified atom stereocenters. The average Bonchev–Trinajstić information content (AvgIpc) is 2.43. The monoisotopic (exact) mass is 272 g/mol. The molecule has 0 radical (unpaired) electrons. The van der Waals surface area contributed by atoms with Crippen molar-refractivity contribution in [2.24, 2.45) is 5.73 Å². The third-order valence-corrected chi connectivity index (χ3v) is 3.56. The highest BCUT2D eigenvalue weighted by Gasteiger charge is 2.15. The third-order valence-electron chi connectivity index (χ3n) is 3.56. The number of quaternary nitrogens is 1. The van der Waals surface area contributed by atoms with Crippen LogP contribution in [0.5, 0.6) is 0 Å². The van der Waals surface area contributed by atoms with Crippen LogP contribution in [0.3, 0.4) is 0 Å². The molecule has 0 aromatic heterocycles. The Labute approximate surface area is 118 Å². The molecule has 0 aromatic rings. The van der Waals surface area contributed by atoms with Gasteiger partial charge in [-0.25, -0.2) is 4.79 Å². The molecule has 0 spiro atoms. The van der Waals surface area contributed by atoms with Crippen LogP contribution in [-0.4, -0.2) is 12.1 Å². The standard InChI is InChI=1S/C15H32N2O2/c1-3-5-6-7-8-9-10-11-12-13-15(18)17(19)14(16)4-2/h14,17H,3-13,16H2,1-2H3. The van der Waals surface area contributed by atoms with E-state index in [1.165, 1.54) is 44.9 Å². The second kappa shape index (κ2) is 12.6. The van der Waals surface area contributed by atoms with Crippen molar-refractivity contribution in [2.75, 3.05) is 0 Å². The van der Waals surface area contributed by atoms with Crippen LogP contribution in [0, 0.1) is 5.21 Å². The predicted octanol–water partition coefficient (Wildman–Crippen LogP) is 2.51. The van der Waals surface area contributed by atoms with E-state index in [2.05, 4.69) is 6.92 Å². The van der Waals surface area contributed by atoms with Crippen LogP contribution >= 0.6 is 0 Å². The largest absolute Gasteiger partial charge is 0.626 e. The van der Waals surface area contributed by atoms with Gasteiger partial charge in [-0.2, -0.15) is 0 Å². The highest BCUT2D eigenvalue weighted by atomic mass is 16.5. The fourth-order valence-electron chi connectivity index (χ4n) is 2.11. The first kappa shape index (κ1) is 18.6. The summed E-state index contributed by atoms with van der Waals surface area (Å²) in [7, 11) is 0. The summed E-state index contributed by atoms with van der Waals surface area (Å²) in [6.07, 6.45) is 11.2. The maximum Gasteiger partial charge on any atom is 0.313 e. The number of carbonyl (C=O) groups is 1. The van der Waals surface area contributed by atoms with Crippen molar-refractivity contribution in [2.45, 2.75) is 90.6 Å². The minimum atomic E-state index is -0.592. The summed E-state index contributed by atoms with van der Waals surface area (Å²) in [5.74, 6) is -0.280. The van der Waals surface area contributed by atoms with Gasteiger partial charge >= 0.3 is 5.91 Å². The van der Waals surface area contributed by atoms with Crippen LogP contribution in [0.15, 0.2) is 0 Å². The first-order chi connectivity index (χ1) is 9.13. The lowest BCUT2D eigenvalue weighted by Gasteiger charge is -2.25. The van der Waals surface area contributed by atoms with E-state index in [1.807, 2.05) is 6.92 Å². The van der Waals surface area contributed by atoms with E-state index < -0.39 is 6.17 Å². The maximum absolute atomic E-state index is 11.5. The van der Waals surface area contributed by atoms with Crippen LogP contribution in [0.2, 0.25) is 0 Å². The Morgan fingerprint density at radius 1 is 1.00 bits per heavy atom. The molecule has 0 rings (SSSR count). The lowest BCUT2D eigenvalue weighted by atomic mass is 10.1. The minimum Gasteiger partial charge on any atom is -0.626 e. The Morgan fingerprint density at radius 2 is 1.47 bits per heavy atom. The molecule has 4 heteroatoms. The van der Waals surface area contributed by atoms with Gasteiger partial charge in [-0.05, 0) is 6.42 Å². The second-order valence-electron chi connectivity index (χ2n) is 5.38. The van der Waals surface area contributed by atoms with E-state index in [1.54, 1.807) is 0 Å². The Kier molecular flexibility index (Phi) is 12.3. The number of rotatable bonds is 12. The molecular weight excluding hydrogens is 240 g/mol. The summed E-state index contributed by atoms with van der Waals surface area (Å²) in [6.45, 7) is 4.05. The van der Waals surface area contributed by atoms with Crippen molar-refractivity contribution >= 4 is 5.91 Å². The molecule has 2 atom stereocenters. The van der Waals surface area contributed by atoms with Gasteiger partial charge in [0.05, 0.1) is 6.42 Å². The summed E-state index contributed by atoms with van der Waals surface area (Å²) in [6, 6.07) is 0. The van der Waals surface area contributed by atoms with E-state index in [-0.39, 0.29) is 11.0 Å². The number of nitrogens with one attached hydrogen (secondary N) is 1. The molecule has 0 saturated carbocycles. The first-order valence-corrected chi connectivity index (χ1v) is 7.96. The van der Waals surface area contributed by atoms with E-state index in [0.29, 0.717) is 12.8 Å². The second-order valence-corrected chi connectivity index (χ2v) is 5.38. The van der Waals surface area contributed by atoms with Crippen molar-refractivity contribution in [1.82, 2.24) is 0 Å². The van der Waals surface area contributed by atoms with Crippen LogP contribution < -0.4 is 10.8 Å². The fourth-order valence-corrected chi connectivity index (χ4v) is 2.11. The lowest BCUT2D eigenvalue weighted by Crippen LogP contribution is -3.15. The van der Waals surface area contributed by atoms with Crippen molar-refractivity contribution in [1.29, 1.82) is 0 Å². The van der Waals surface area contributed by atoms with Gasteiger partial charge in [-0.3, -0.25) is 10.8 Å². The lowest BCUT2D eigenvalue weighted by molar-refractivity contribution is -0.795. The fraction of sp³-hybridized carbons (Fsp3) is 0.933. The van der Waals surface area contributed by atoms with Gasteiger partial charge in [0, 0.05) is 6.42 Å². The number of unbranched alkanes of at least 4 members (excludes halogenated alkanes) is 8. The molecule has 0 fully saturated rings. The van der Waals surface area contributed by atoms with Gasteiger partial charge in [-0.15, -0.1) is 0 Å². The zero-order chi connectivity index (χ0) is 14.5. The van der Waals surface area contributed by atoms with Crippen LogP contribution in [0.25, 0.3) is 0 Å². The van der Waals surface area contributed by atoms with E-state index >= 15 is 0 Å². The molecule has 4 nitrogen and oxygen atoms in total. The van der Waals surface area contributed by atoms with Crippen LogP contribution in [-0.2, 0) is 4.79 Å². The summed E-state index contributed by atoms with van der Waals surface area (Å²) >= 11 is 0. The predicted molar refractivity (Wildman–Crippen MR) is 79.4 cm³/mol. The van der Waals surface area contributed by atoms with Gasteiger partial charge in [0.25, 0.3) is 0 Å². The summed E-state index contributed by atoms with van der Waals surface area (Å²) in [5.41, 5.74) is 5.56. The number of carbonyl (C=O) groups excluding carboxylic acids is 1. The van der Waals surface area contributed by atoms with Gasteiger partial charge in [0.15, 0.2) is 0 Å². The molecule has 0 aromatic carbocycles. The van der Waals surface area contributed by atoms with Crippen molar-refractivity contribution in [3.8, 4) is 0 Å². The number of hydrogen-bond donors (Lipinski definition) is 2. The maximum atomic E-state index is 11.5. The number of hydrogen-bond acceptors (Lipinski definition) is 3. The Balaban J connectivity index is 3.36. The van der Waals surface area contributed by atoms with Gasteiger partial charge < -0.3 is 5.21 Å². The number of amides is 1. The van der Waals surface area contributed by atoms with Gasteiger partial charge in [0.1, 0.15) is 6.17 Å². The average molecular weight is 272 g/mol. The minimum absolute atomic E-state index is 0.280. The van der Waals surface area contributed by atoms with Crippen molar-refractivity contribution in [3.05, 3.63) is 5.21 Å². The molecule has 0 bridgehead atoms. The summed E-state index contributed by atoms with van der Waals surface area (Å²) < 4.78 is 0. The molecule has 0 aliphatic carbocycles. The molecular formula is C15H32N2O2. The smallest absolute Gasteiger partial charge is 0.313 e. The SMILES string of the molecule is CCCCCCCCCCCC(=O)[NH+]([O-])C(N)CC. The highest BCUT2D eigenvalue weighted by molar-refractivity contribution is 5.66. The Morgan fingerprint density at radius 3 is 1.95 bits per heavy atom. The Bertz CT molecular complexity index is 222. The van der Waals surface area contributed by atoms with E-state index in [0.717, 1.165) is 12.8 Å². The molecule has 19 heavy (non-hydrogen) atoms. The summed E-state index contributed by atoms with van der Waals surface area (Å²) in [4.78, 5) is 11.5. The van der Waals surface area contributed by atoms with Gasteiger partial charge in [-0.1, -0.05) is 65.2 Å². The molecule has 0 saturated heterocycles. The molecule has 0 heterocycles. The van der Waals surface area contributed by atoms with E-state index in [4.69, 9.17) is 5.73 Å². The molecule has 1 amide bonds. The normalized spacial score (nSPS) is 14.3. The topological polar surface area (TPSA) is 70.6 Å². The zero-order valence-electron chi connectivity index (χ0n) is 12.7. The molecule has 0 aliphatic heterocycles. The third kappa shape index (κ3) is 10.0. The van der Waals surface area contributed by atoms with E-state index in [9.17, 15) is 10.0 Å². The Hall–Kier alpha value is -0.450. The molecule has 0 aliphatic rings. The number of nitrogens with two attached hydrogens (primary N) is 1. The van der Waals surface area contributed by atoms with Gasteiger partial charge in [0.2, 0.25) is 0 Å².